The van der Waals surface area contributed by atoms with Crippen molar-refractivity contribution in [2.24, 2.45) is 0 Å². The number of allylic oxidation sites excluding steroid dienone is 2. The van der Waals surface area contributed by atoms with Gasteiger partial charge in [-0.2, -0.15) is 13.2 Å². The Morgan fingerprint density at radius 3 is 2.34 bits per heavy atom. The van der Waals surface area contributed by atoms with Crippen molar-refractivity contribution in [2.45, 2.75) is 64.3 Å². The van der Waals surface area contributed by atoms with Gasteiger partial charge in [-0.05, 0) is 91.3 Å². The van der Waals surface area contributed by atoms with Crippen LogP contribution in [-0.4, -0.2) is 47.4 Å². The number of aliphatic hydroxyl groups excluding tert-OH is 1. The minimum absolute atomic E-state index is 0.0118. The van der Waals surface area contributed by atoms with Crippen molar-refractivity contribution in [1.82, 2.24) is 5.32 Å². The summed E-state index contributed by atoms with van der Waals surface area (Å²) in [6, 6.07) is 16.3. The number of nitrogens with one attached hydrogen (secondary N) is 2. The van der Waals surface area contributed by atoms with E-state index < -0.39 is 42.3 Å². The highest BCUT2D eigenvalue weighted by Crippen LogP contribution is 2.38. The number of hydrogen-bond donors (Lipinski definition) is 4. The van der Waals surface area contributed by atoms with Gasteiger partial charge in [-0.1, -0.05) is 43.7 Å². The van der Waals surface area contributed by atoms with Gasteiger partial charge in [0.25, 0.3) is 5.91 Å². The van der Waals surface area contributed by atoms with Crippen LogP contribution >= 0.6 is 0 Å². The summed E-state index contributed by atoms with van der Waals surface area (Å²) in [5, 5.41) is 23.2. The molecule has 0 unspecified atom stereocenters. The number of hydrogen-bond acceptors (Lipinski definition) is 5. The molecule has 0 aliphatic heterocycles. The molecule has 4 rings (SSSR count). The maximum atomic E-state index is 13.9. The van der Waals surface area contributed by atoms with Gasteiger partial charge in [0.1, 0.15) is 5.75 Å². The van der Waals surface area contributed by atoms with E-state index in [4.69, 9.17) is 9.84 Å². The number of ether oxygens (including phenoxy) is 1. The van der Waals surface area contributed by atoms with Crippen LogP contribution in [0.1, 0.15) is 72.5 Å². The van der Waals surface area contributed by atoms with Gasteiger partial charge in [0.15, 0.2) is 6.10 Å². The van der Waals surface area contributed by atoms with Crippen molar-refractivity contribution in [2.75, 3.05) is 23.4 Å². The van der Waals surface area contributed by atoms with E-state index in [0.29, 0.717) is 17.7 Å². The minimum Gasteiger partial charge on any atom is -0.493 e. The topological polar surface area (TPSA) is 128 Å². The molecule has 0 fully saturated rings. The Bertz CT molecular complexity index is 1570. The van der Waals surface area contributed by atoms with Gasteiger partial charge >= 0.3 is 18.2 Å². The van der Waals surface area contributed by atoms with Crippen molar-refractivity contribution in [3.63, 3.8) is 0 Å². The molecule has 250 valence electrons. The van der Waals surface area contributed by atoms with E-state index in [1.807, 2.05) is 19.1 Å². The number of unbranched alkanes of at least 4 members (excludes halogenated alkanes) is 1. The fourth-order valence-electron chi connectivity index (χ4n) is 5.03. The number of aliphatic carboxylic acids is 1. The predicted octanol–water partition coefficient (Wildman–Crippen LogP) is 7.26. The third kappa shape index (κ3) is 9.82. The highest BCUT2D eigenvalue weighted by Gasteiger charge is 2.35. The molecule has 0 saturated carbocycles. The van der Waals surface area contributed by atoms with Gasteiger partial charge in [-0.25, -0.2) is 9.59 Å². The monoisotopic (exact) mass is 653 g/mol. The van der Waals surface area contributed by atoms with Crippen LogP contribution < -0.4 is 20.3 Å². The second-order valence-electron chi connectivity index (χ2n) is 11.2. The second kappa shape index (κ2) is 16.1. The molecule has 3 aromatic rings. The van der Waals surface area contributed by atoms with Crippen LogP contribution in [0.5, 0.6) is 5.75 Å². The summed E-state index contributed by atoms with van der Waals surface area (Å²) in [5.74, 6) is -2.37. The summed E-state index contributed by atoms with van der Waals surface area (Å²) < 4.78 is 47.1. The number of carbonyl (C=O) groups is 3. The smallest absolute Gasteiger partial charge is 0.420 e. The number of carboxylic acids is 1. The molecule has 1 aliphatic carbocycles. The molecule has 1 atom stereocenters. The summed E-state index contributed by atoms with van der Waals surface area (Å²) in [6.45, 7) is 1.58. The summed E-state index contributed by atoms with van der Waals surface area (Å²) in [6.07, 6.45) is 1.31. The summed E-state index contributed by atoms with van der Waals surface area (Å²) >= 11 is 0. The van der Waals surface area contributed by atoms with E-state index in [0.717, 1.165) is 43.7 Å². The quantitative estimate of drug-likeness (QED) is 0.144. The average molecular weight is 654 g/mol. The lowest BCUT2D eigenvalue weighted by Crippen LogP contribution is -2.36. The molecule has 3 amide bonds. The molecule has 0 bridgehead atoms. The zero-order valence-electron chi connectivity index (χ0n) is 26.0. The number of anilines is 2. The lowest BCUT2D eigenvalue weighted by molar-refractivity contribution is -0.146. The number of carbonyl (C=O) groups excluding carboxylic acids is 2. The first-order valence-electron chi connectivity index (χ1n) is 15.5. The van der Waals surface area contributed by atoms with Gasteiger partial charge in [0.05, 0.1) is 25.3 Å². The van der Waals surface area contributed by atoms with Gasteiger partial charge < -0.3 is 25.6 Å². The van der Waals surface area contributed by atoms with Crippen molar-refractivity contribution in [3.8, 4) is 5.75 Å². The average Bonchev–Trinajstić information content (AvgIpc) is 3.06. The van der Waals surface area contributed by atoms with E-state index in [-0.39, 0.29) is 30.2 Å². The van der Waals surface area contributed by atoms with Crippen LogP contribution in [0.15, 0.2) is 72.8 Å². The molecule has 9 nitrogen and oxygen atoms in total. The molecule has 0 spiro atoms. The van der Waals surface area contributed by atoms with Crippen LogP contribution in [0.2, 0.25) is 0 Å². The van der Waals surface area contributed by atoms with E-state index in [2.05, 4.69) is 16.7 Å². The fourth-order valence-corrected chi connectivity index (χ4v) is 5.03. The van der Waals surface area contributed by atoms with Gasteiger partial charge in [-0.3, -0.25) is 9.69 Å². The Morgan fingerprint density at radius 2 is 1.72 bits per heavy atom. The summed E-state index contributed by atoms with van der Waals surface area (Å²) in [7, 11) is 0. The number of carboxylic acid groups (broad SMARTS) is 1. The summed E-state index contributed by atoms with van der Waals surface area (Å²) in [5.41, 5.74) is 2.52. The molecule has 4 N–H and O–H groups in total. The number of rotatable bonds is 13. The van der Waals surface area contributed by atoms with Crippen LogP contribution in [0.3, 0.4) is 0 Å². The van der Waals surface area contributed by atoms with E-state index in [9.17, 15) is 32.7 Å². The Kier molecular flexibility index (Phi) is 12.0. The Balaban J connectivity index is 1.58. The predicted molar refractivity (Wildman–Crippen MR) is 172 cm³/mol. The first-order chi connectivity index (χ1) is 22.5. The maximum absolute atomic E-state index is 13.9. The first-order valence-corrected chi connectivity index (χ1v) is 15.5. The van der Waals surface area contributed by atoms with Crippen LogP contribution in [0.4, 0.5) is 29.3 Å². The summed E-state index contributed by atoms with van der Waals surface area (Å²) in [4.78, 5) is 38.3. The molecule has 0 aromatic heterocycles. The minimum atomic E-state index is -4.70. The number of alkyl halides is 3. The second-order valence-corrected chi connectivity index (χ2v) is 11.2. The SMILES string of the molecule is CCCCOc1ccc(NC(=O)N(Cc2ccc(C(=O)NC[C@@H](O)C(=O)O)cc2)c2ccc(C3=CCCCC3)cc2)cc1C(F)(F)F. The number of benzene rings is 3. The molecule has 0 radical (unpaired) electrons. The third-order valence-corrected chi connectivity index (χ3v) is 7.68. The fraction of sp³-hybridized carbons (Fsp3) is 0.343. The molecular weight excluding hydrogens is 615 g/mol. The molecule has 0 heterocycles. The number of halogens is 3. The third-order valence-electron chi connectivity index (χ3n) is 7.68. The van der Waals surface area contributed by atoms with Gasteiger partial charge in [0.2, 0.25) is 0 Å². The molecule has 12 heteroatoms. The Labute approximate surface area is 271 Å². The van der Waals surface area contributed by atoms with E-state index in [1.165, 1.54) is 34.7 Å². The number of urea groups is 1. The zero-order chi connectivity index (χ0) is 34.0. The highest BCUT2D eigenvalue weighted by atomic mass is 19.4. The molecular formula is C35H38F3N3O6. The maximum Gasteiger partial charge on any atom is 0.420 e. The number of amides is 3. The standard InChI is InChI=1S/C35H38F3N3O6/c1-2-3-19-47-31-18-15-27(20-29(31)35(36,37)38)40-34(46)41(28-16-13-25(14-17-28)24-7-5-4-6-8-24)22-23-9-11-26(12-10-23)32(43)39-21-30(42)33(44)45/h7,9-18,20,30,42H,2-6,8,19,21-22H2,1H3,(H,39,43)(H,40,46)(H,44,45)/t30-/m1/s1. The van der Waals surface area contributed by atoms with Crippen molar-refractivity contribution in [3.05, 3.63) is 95.1 Å². The van der Waals surface area contributed by atoms with Gasteiger partial charge in [-0.15, -0.1) is 0 Å². The number of nitrogens with zero attached hydrogens (tertiary/aromatic N) is 1. The molecule has 3 aromatic carbocycles. The van der Waals surface area contributed by atoms with Crippen molar-refractivity contribution in [1.29, 1.82) is 0 Å². The molecule has 47 heavy (non-hydrogen) atoms. The lowest BCUT2D eigenvalue weighted by atomic mass is 9.93. The first kappa shape index (κ1) is 35.0. The Hall–Kier alpha value is -4.84. The van der Waals surface area contributed by atoms with Gasteiger partial charge in [0, 0.05) is 16.9 Å². The van der Waals surface area contributed by atoms with Crippen molar-refractivity contribution >= 4 is 34.9 Å². The Morgan fingerprint density at radius 1 is 1.00 bits per heavy atom. The largest absolute Gasteiger partial charge is 0.493 e. The lowest BCUT2D eigenvalue weighted by Gasteiger charge is -2.25. The molecule has 1 aliphatic rings. The molecule has 0 saturated heterocycles. The highest BCUT2D eigenvalue weighted by molar-refractivity contribution is 6.02. The zero-order valence-corrected chi connectivity index (χ0v) is 26.0. The van der Waals surface area contributed by atoms with Crippen LogP contribution in [0, 0.1) is 0 Å². The van der Waals surface area contributed by atoms with Crippen molar-refractivity contribution < 1.29 is 42.5 Å². The van der Waals surface area contributed by atoms with E-state index in [1.54, 1.807) is 24.3 Å². The van der Waals surface area contributed by atoms with Crippen LogP contribution in [0.25, 0.3) is 5.57 Å². The number of aliphatic hydroxyl groups is 1. The van der Waals surface area contributed by atoms with E-state index >= 15 is 0 Å². The van der Waals surface area contributed by atoms with Crippen LogP contribution in [-0.2, 0) is 17.5 Å². The normalized spacial score (nSPS) is 13.7.